The Morgan fingerprint density at radius 2 is 1.93 bits per heavy atom. The molecule has 0 spiro atoms. The molecular formula is C23H25F2NO4. The second kappa shape index (κ2) is 8.13. The van der Waals surface area contributed by atoms with E-state index in [1.807, 2.05) is 32.0 Å². The molecule has 2 aromatic rings. The summed E-state index contributed by atoms with van der Waals surface area (Å²) in [6, 6.07) is 8.98. The minimum atomic E-state index is -0.720. The van der Waals surface area contributed by atoms with Crippen molar-refractivity contribution in [2.45, 2.75) is 44.8 Å². The average Bonchev–Trinajstić information content (AvgIpc) is 3.03. The lowest BCUT2D eigenvalue weighted by atomic mass is 10.0. The number of fused-ring (bicyclic) bond motifs is 1. The number of rotatable bonds is 5. The summed E-state index contributed by atoms with van der Waals surface area (Å²) in [4.78, 5) is 14.3. The summed E-state index contributed by atoms with van der Waals surface area (Å²) in [5.74, 6) is -0.150. The van der Waals surface area contributed by atoms with Crippen LogP contribution in [0.4, 0.5) is 8.78 Å². The van der Waals surface area contributed by atoms with E-state index in [2.05, 4.69) is 0 Å². The minimum Gasteiger partial charge on any atom is -0.487 e. The molecule has 0 aromatic heterocycles. The third-order valence-electron chi connectivity index (χ3n) is 5.39. The molecule has 160 valence electrons. The van der Waals surface area contributed by atoms with Gasteiger partial charge in [-0.25, -0.2) is 8.78 Å². The van der Waals surface area contributed by atoms with Crippen molar-refractivity contribution in [1.82, 2.24) is 4.90 Å². The maximum atomic E-state index is 13.8. The Bertz CT molecular complexity index is 939. The second-order valence-electron chi connectivity index (χ2n) is 8.34. The zero-order chi connectivity index (χ0) is 21.3. The highest BCUT2D eigenvalue weighted by Crippen LogP contribution is 2.41. The molecule has 2 aliphatic heterocycles. The maximum absolute atomic E-state index is 13.8. The zero-order valence-electron chi connectivity index (χ0n) is 17.1. The van der Waals surface area contributed by atoms with Crippen molar-refractivity contribution in [3.8, 4) is 17.2 Å². The van der Waals surface area contributed by atoms with Gasteiger partial charge in [-0.2, -0.15) is 0 Å². The standard InChI is InChI=1S/C23H25F2NO4/c1-23(2)13-15-4-3-5-20(22(15)30-23)28-14-21(27)26-10-8-17(9-11-26)29-19-7-6-16(24)12-18(19)25/h3-7,12,17H,8-11,13-14H2,1-2H3. The highest BCUT2D eigenvalue weighted by atomic mass is 19.1. The molecule has 7 heteroatoms. The summed E-state index contributed by atoms with van der Waals surface area (Å²) in [5, 5.41) is 0. The number of hydrogen-bond acceptors (Lipinski definition) is 4. The zero-order valence-corrected chi connectivity index (χ0v) is 17.1. The first kappa shape index (κ1) is 20.4. The van der Waals surface area contributed by atoms with Gasteiger partial charge in [-0.3, -0.25) is 4.79 Å². The van der Waals surface area contributed by atoms with Gasteiger partial charge < -0.3 is 19.1 Å². The van der Waals surface area contributed by atoms with E-state index in [1.54, 1.807) is 4.90 Å². The normalized spacial score (nSPS) is 17.9. The van der Waals surface area contributed by atoms with Crippen LogP contribution in [0.5, 0.6) is 17.2 Å². The van der Waals surface area contributed by atoms with Crippen LogP contribution in [0.3, 0.4) is 0 Å². The fraction of sp³-hybridized carbons (Fsp3) is 0.435. The second-order valence-corrected chi connectivity index (χ2v) is 8.34. The molecule has 2 heterocycles. The van der Waals surface area contributed by atoms with E-state index in [-0.39, 0.29) is 30.0 Å². The number of carbonyl (C=O) groups is 1. The Balaban J connectivity index is 1.28. The lowest BCUT2D eigenvalue weighted by Crippen LogP contribution is -2.43. The van der Waals surface area contributed by atoms with Crippen LogP contribution < -0.4 is 14.2 Å². The van der Waals surface area contributed by atoms with Gasteiger partial charge in [0.05, 0.1) is 0 Å². The molecule has 5 nitrogen and oxygen atoms in total. The van der Waals surface area contributed by atoms with Crippen LogP contribution in [0.1, 0.15) is 32.3 Å². The molecular weight excluding hydrogens is 392 g/mol. The van der Waals surface area contributed by atoms with E-state index in [0.717, 1.165) is 18.1 Å². The van der Waals surface area contributed by atoms with Crippen molar-refractivity contribution in [1.29, 1.82) is 0 Å². The van der Waals surface area contributed by atoms with Crippen molar-refractivity contribution in [3.05, 3.63) is 53.6 Å². The number of halogens is 2. The van der Waals surface area contributed by atoms with Crippen LogP contribution in [0.25, 0.3) is 0 Å². The van der Waals surface area contributed by atoms with Crippen LogP contribution in [0.15, 0.2) is 36.4 Å². The molecule has 0 aliphatic carbocycles. The fourth-order valence-electron chi connectivity index (χ4n) is 3.91. The number of carbonyl (C=O) groups excluding carboxylic acids is 1. The third kappa shape index (κ3) is 4.50. The van der Waals surface area contributed by atoms with Crippen LogP contribution in [-0.4, -0.2) is 42.2 Å². The van der Waals surface area contributed by atoms with Gasteiger partial charge in [0, 0.05) is 44.0 Å². The topological polar surface area (TPSA) is 48.0 Å². The smallest absolute Gasteiger partial charge is 0.260 e. The molecule has 0 bridgehead atoms. The Hall–Kier alpha value is -2.83. The summed E-state index contributed by atoms with van der Waals surface area (Å²) in [7, 11) is 0. The molecule has 2 aromatic carbocycles. The summed E-state index contributed by atoms with van der Waals surface area (Å²) in [5.41, 5.74) is 0.799. The largest absolute Gasteiger partial charge is 0.487 e. The van der Waals surface area contributed by atoms with Gasteiger partial charge in [0.15, 0.2) is 29.7 Å². The van der Waals surface area contributed by atoms with Gasteiger partial charge in [0.25, 0.3) is 5.91 Å². The fourth-order valence-corrected chi connectivity index (χ4v) is 3.91. The summed E-state index contributed by atoms with van der Waals surface area (Å²) < 4.78 is 44.2. The highest BCUT2D eigenvalue weighted by Gasteiger charge is 2.32. The van der Waals surface area contributed by atoms with Crippen molar-refractivity contribution in [2.24, 2.45) is 0 Å². The lowest BCUT2D eigenvalue weighted by molar-refractivity contribution is -0.135. The van der Waals surface area contributed by atoms with Gasteiger partial charge in [0.2, 0.25) is 0 Å². The summed E-state index contributed by atoms with van der Waals surface area (Å²) in [6.45, 7) is 4.95. The van der Waals surface area contributed by atoms with E-state index in [0.29, 0.717) is 37.4 Å². The molecule has 30 heavy (non-hydrogen) atoms. The summed E-state index contributed by atoms with van der Waals surface area (Å²) >= 11 is 0. The summed E-state index contributed by atoms with van der Waals surface area (Å²) in [6.07, 6.45) is 1.72. The third-order valence-corrected chi connectivity index (χ3v) is 5.39. The van der Waals surface area contributed by atoms with Crippen LogP contribution in [0, 0.1) is 11.6 Å². The van der Waals surface area contributed by atoms with Gasteiger partial charge in [-0.05, 0) is 32.0 Å². The molecule has 0 atom stereocenters. The molecule has 4 rings (SSSR count). The number of benzene rings is 2. The Kier molecular flexibility index (Phi) is 5.54. The van der Waals surface area contributed by atoms with E-state index in [9.17, 15) is 13.6 Å². The van der Waals surface area contributed by atoms with Crippen LogP contribution >= 0.6 is 0 Å². The molecule has 0 saturated carbocycles. The van der Waals surface area contributed by atoms with Gasteiger partial charge in [-0.15, -0.1) is 0 Å². The lowest BCUT2D eigenvalue weighted by Gasteiger charge is -2.32. The number of nitrogens with zero attached hydrogens (tertiary/aromatic N) is 1. The van der Waals surface area contributed by atoms with E-state index in [1.165, 1.54) is 12.1 Å². The Morgan fingerprint density at radius 3 is 2.67 bits per heavy atom. The highest BCUT2D eigenvalue weighted by molar-refractivity contribution is 5.78. The van der Waals surface area contributed by atoms with E-state index >= 15 is 0 Å². The Labute approximate surface area is 174 Å². The minimum absolute atomic E-state index is 0.0327. The number of piperidine rings is 1. The molecule has 1 saturated heterocycles. The average molecular weight is 417 g/mol. The van der Waals surface area contributed by atoms with Crippen molar-refractivity contribution >= 4 is 5.91 Å². The molecule has 1 amide bonds. The van der Waals surface area contributed by atoms with E-state index < -0.39 is 11.6 Å². The van der Waals surface area contributed by atoms with Gasteiger partial charge >= 0.3 is 0 Å². The van der Waals surface area contributed by atoms with Crippen molar-refractivity contribution in [2.75, 3.05) is 19.7 Å². The van der Waals surface area contributed by atoms with Crippen LogP contribution in [-0.2, 0) is 11.2 Å². The number of likely N-dealkylation sites (tertiary alicyclic amines) is 1. The molecule has 0 N–H and O–H groups in total. The number of ether oxygens (including phenoxy) is 3. The van der Waals surface area contributed by atoms with Crippen molar-refractivity contribution in [3.63, 3.8) is 0 Å². The molecule has 1 fully saturated rings. The number of hydrogen-bond donors (Lipinski definition) is 0. The predicted octanol–water partition coefficient (Wildman–Crippen LogP) is 4.13. The SMILES string of the molecule is CC1(C)Cc2cccc(OCC(=O)N3CCC(Oc4ccc(F)cc4F)CC3)c2O1. The first-order valence-electron chi connectivity index (χ1n) is 10.1. The van der Waals surface area contributed by atoms with Gasteiger partial charge in [0.1, 0.15) is 17.5 Å². The van der Waals surface area contributed by atoms with E-state index in [4.69, 9.17) is 14.2 Å². The van der Waals surface area contributed by atoms with Crippen LogP contribution in [0.2, 0.25) is 0 Å². The molecule has 2 aliphatic rings. The van der Waals surface area contributed by atoms with Crippen molar-refractivity contribution < 1.29 is 27.8 Å². The number of para-hydroxylation sites is 1. The van der Waals surface area contributed by atoms with Gasteiger partial charge in [-0.1, -0.05) is 12.1 Å². The number of amides is 1. The Morgan fingerprint density at radius 1 is 1.17 bits per heavy atom. The first-order valence-corrected chi connectivity index (χ1v) is 10.1. The first-order chi connectivity index (χ1) is 14.3. The molecule has 0 radical (unpaired) electrons. The maximum Gasteiger partial charge on any atom is 0.260 e. The molecule has 0 unspecified atom stereocenters. The monoisotopic (exact) mass is 417 g/mol. The quantitative estimate of drug-likeness (QED) is 0.734. The predicted molar refractivity (Wildman–Crippen MR) is 107 cm³/mol.